The molecule has 0 unspecified atom stereocenters. The molecule has 132 valence electrons. The maximum absolute atomic E-state index is 12.5. The van der Waals surface area contributed by atoms with Gasteiger partial charge in [0.15, 0.2) is 0 Å². The highest BCUT2D eigenvalue weighted by Gasteiger charge is 2.16. The maximum Gasteiger partial charge on any atom is 0.267 e. The number of hydrogen-bond donors (Lipinski definition) is 2. The zero-order chi connectivity index (χ0) is 19.3. The monoisotopic (exact) mass is 348 g/mol. The molecule has 0 radical (unpaired) electrons. The zero-order valence-corrected chi connectivity index (χ0v) is 14.9. The van der Waals surface area contributed by atoms with Crippen molar-refractivity contribution < 1.29 is 9.59 Å². The number of carbonyl (C=O) groups is 2. The minimum Gasteiger partial charge on any atom is -0.399 e. The number of benzene rings is 2. The summed E-state index contributed by atoms with van der Waals surface area (Å²) in [5.74, 6) is -0.931. The van der Waals surface area contributed by atoms with Crippen LogP contribution in [-0.2, 0) is 9.59 Å². The van der Waals surface area contributed by atoms with E-state index in [1.807, 2.05) is 32.0 Å². The number of nitrogens with two attached hydrogens (primary N) is 1. The molecule has 0 aliphatic carbocycles. The molecule has 2 aromatic rings. The first-order valence-electron chi connectivity index (χ1n) is 7.98. The van der Waals surface area contributed by atoms with Gasteiger partial charge in [-0.15, -0.1) is 0 Å². The number of rotatable bonds is 4. The first-order chi connectivity index (χ1) is 12.3. The highest BCUT2D eigenvalue weighted by molar-refractivity contribution is 6.08. The Balaban J connectivity index is 2.35. The van der Waals surface area contributed by atoms with Crippen molar-refractivity contribution in [2.75, 3.05) is 16.0 Å². The molecule has 0 saturated carbocycles. The first kappa shape index (κ1) is 18.7. The van der Waals surface area contributed by atoms with E-state index in [9.17, 15) is 14.9 Å². The molecule has 6 nitrogen and oxygen atoms in total. The van der Waals surface area contributed by atoms with Crippen molar-refractivity contribution in [1.29, 1.82) is 5.26 Å². The van der Waals surface area contributed by atoms with Crippen LogP contribution in [0.5, 0.6) is 0 Å². The molecule has 0 heterocycles. The van der Waals surface area contributed by atoms with Gasteiger partial charge in [0.25, 0.3) is 5.91 Å². The lowest BCUT2D eigenvalue weighted by atomic mass is 10.1. The number of amides is 2. The van der Waals surface area contributed by atoms with Crippen LogP contribution in [0.3, 0.4) is 0 Å². The summed E-state index contributed by atoms with van der Waals surface area (Å²) in [5.41, 5.74) is 9.07. The topological polar surface area (TPSA) is 99.2 Å². The lowest BCUT2D eigenvalue weighted by Gasteiger charge is -2.18. The van der Waals surface area contributed by atoms with E-state index in [1.54, 1.807) is 30.3 Å². The van der Waals surface area contributed by atoms with Crippen LogP contribution in [0.15, 0.2) is 54.2 Å². The number of nitriles is 1. The van der Waals surface area contributed by atoms with Crippen LogP contribution in [-0.4, -0.2) is 11.8 Å². The second kappa shape index (κ2) is 7.99. The van der Waals surface area contributed by atoms with Crippen molar-refractivity contribution >= 4 is 28.9 Å². The lowest BCUT2D eigenvalue weighted by Crippen LogP contribution is -2.25. The molecule has 0 aromatic heterocycles. The third kappa shape index (κ3) is 4.28. The van der Waals surface area contributed by atoms with Crippen LogP contribution < -0.4 is 16.0 Å². The smallest absolute Gasteiger partial charge is 0.267 e. The average Bonchev–Trinajstić information content (AvgIpc) is 2.59. The number of hydrogen-bond acceptors (Lipinski definition) is 4. The normalized spacial score (nSPS) is 10.8. The minimum atomic E-state index is -0.587. The van der Waals surface area contributed by atoms with Crippen LogP contribution in [0, 0.1) is 25.2 Å². The van der Waals surface area contributed by atoms with Gasteiger partial charge in [-0.3, -0.25) is 14.5 Å². The number of nitrogens with one attached hydrogen (secondary N) is 1. The summed E-state index contributed by atoms with van der Waals surface area (Å²) in [6, 6.07) is 14.0. The number of nitrogens with zero attached hydrogens (tertiary/aromatic N) is 2. The van der Waals surface area contributed by atoms with Crippen LogP contribution in [0.4, 0.5) is 17.1 Å². The van der Waals surface area contributed by atoms with Crippen molar-refractivity contribution in [3.05, 3.63) is 65.4 Å². The fourth-order valence-corrected chi connectivity index (χ4v) is 2.37. The minimum absolute atomic E-state index is 0.191. The molecule has 0 fully saturated rings. The van der Waals surface area contributed by atoms with Gasteiger partial charge in [0.1, 0.15) is 11.6 Å². The van der Waals surface area contributed by atoms with Gasteiger partial charge in [-0.1, -0.05) is 18.2 Å². The quantitative estimate of drug-likeness (QED) is 0.503. The van der Waals surface area contributed by atoms with Gasteiger partial charge in [-0.05, 0) is 49.2 Å². The third-order valence-corrected chi connectivity index (χ3v) is 3.96. The number of carbonyl (C=O) groups excluding carboxylic acids is 2. The SMILES string of the molecule is CC(=O)N(/C=C(/C#N)C(=O)Nc1cccc(C)c1C)c1cccc(N)c1. The molecule has 0 aliphatic heterocycles. The van der Waals surface area contributed by atoms with Gasteiger partial charge < -0.3 is 11.1 Å². The first-order valence-corrected chi connectivity index (χ1v) is 7.98. The Bertz CT molecular complexity index is 926. The van der Waals surface area contributed by atoms with Gasteiger partial charge in [0.2, 0.25) is 5.91 Å². The number of aryl methyl sites for hydroxylation is 1. The number of anilines is 3. The summed E-state index contributed by atoms with van der Waals surface area (Å²) in [6.07, 6.45) is 1.22. The summed E-state index contributed by atoms with van der Waals surface area (Å²) in [7, 11) is 0. The Morgan fingerprint density at radius 1 is 1.19 bits per heavy atom. The van der Waals surface area contributed by atoms with E-state index in [1.165, 1.54) is 18.0 Å². The molecule has 0 spiro atoms. The standard InChI is InChI=1S/C20H20N4O2/c1-13-6-4-9-19(14(13)2)23-20(26)16(11-21)12-24(15(3)25)18-8-5-7-17(22)10-18/h4-10,12H,22H2,1-3H3,(H,23,26)/b16-12-. The molecule has 0 bridgehead atoms. The Labute approximate surface area is 152 Å². The van der Waals surface area contributed by atoms with Gasteiger partial charge in [-0.25, -0.2) is 0 Å². The Morgan fingerprint density at radius 2 is 1.88 bits per heavy atom. The second-order valence-corrected chi connectivity index (χ2v) is 5.84. The van der Waals surface area contributed by atoms with Crippen LogP contribution in [0.25, 0.3) is 0 Å². The van der Waals surface area contributed by atoms with Crippen LogP contribution >= 0.6 is 0 Å². The molecule has 3 N–H and O–H groups in total. The fraction of sp³-hybridized carbons (Fsp3) is 0.150. The molecule has 2 aromatic carbocycles. The van der Waals surface area contributed by atoms with Crippen LogP contribution in [0.2, 0.25) is 0 Å². The maximum atomic E-state index is 12.5. The van der Waals surface area contributed by atoms with E-state index in [-0.39, 0.29) is 11.5 Å². The molecular weight excluding hydrogens is 328 g/mol. The second-order valence-electron chi connectivity index (χ2n) is 5.84. The summed E-state index contributed by atoms with van der Waals surface area (Å²) in [4.78, 5) is 25.7. The van der Waals surface area contributed by atoms with Gasteiger partial charge in [0.05, 0.1) is 5.69 Å². The van der Waals surface area contributed by atoms with E-state index >= 15 is 0 Å². The van der Waals surface area contributed by atoms with E-state index in [2.05, 4.69) is 5.32 Å². The molecular formula is C20H20N4O2. The average molecular weight is 348 g/mol. The molecule has 2 rings (SSSR count). The zero-order valence-electron chi connectivity index (χ0n) is 14.9. The van der Waals surface area contributed by atoms with E-state index in [0.717, 1.165) is 11.1 Å². The largest absolute Gasteiger partial charge is 0.399 e. The summed E-state index contributed by atoms with van der Waals surface area (Å²) in [5, 5.41) is 12.1. The molecule has 0 aliphatic rings. The van der Waals surface area contributed by atoms with Crippen molar-refractivity contribution in [2.45, 2.75) is 20.8 Å². The van der Waals surface area contributed by atoms with Gasteiger partial charge >= 0.3 is 0 Å². The highest BCUT2D eigenvalue weighted by Crippen LogP contribution is 2.21. The van der Waals surface area contributed by atoms with Gasteiger partial charge in [0, 0.05) is 24.5 Å². The van der Waals surface area contributed by atoms with Crippen LogP contribution in [0.1, 0.15) is 18.1 Å². The molecule has 0 saturated heterocycles. The van der Waals surface area contributed by atoms with Crippen molar-refractivity contribution in [2.24, 2.45) is 0 Å². The number of nitrogen functional groups attached to an aromatic ring is 1. The molecule has 26 heavy (non-hydrogen) atoms. The van der Waals surface area contributed by atoms with E-state index in [0.29, 0.717) is 17.1 Å². The van der Waals surface area contributed by atoms with E-state index in [4.69, 9.17) is 5.73 Å². The molecule has 6 heteroatoms. The summed E-state index contributed by atoms with van der Waals surface area (Å²) >= 11 is 0. The molecule has 0 atom stereocenters. The summed E-state index contributed by atoms with van der Waals surface area (Å²) in [6.45, 7) is 5.16. The Kier molecular flexibility index (Phi) is 5.76. The summed E-state index contributed by atoms with van der Waals surface area (Å²) < 4.78 is 0. The van der Waals surface area contributed by atoms with Crippen molar-refractivity contribution in [3.63, 3.8) is 0 Å². The lowest BCUT2D eigenvalue weighted by molar-refractivity contribution is -0.116. The highest BCUT2D eigenvalue weighted by atomic mass is 16.2. The Morgan fingerprint density at radius 3 is 2.50 bits per heavy atom. The predicted molar refractivity (Wildman–Crippen MR) is 102 cm³/mol. The van der Waals surface area contributed by atoms with Crippen molar-refractivity contribution in [1.82, 2.24) is 0 Å². The molecule has 2 amide bonds. The van der Waals surface area contributed by atoms with E-state index < -0.39 is 5.91 Å². The van der Waals surface area contributed by atoms with Crippen molar-refractivity contribution in [3.8, 4) is 6.07 Å². The predicted octanol–water partition coefficient (Wildman–Crippen LogP) is 3.28. The Hall–Kier alpha value is -3.59. The third-order valence-electron chi connectivity index (χ3n) is 3.96. The fourth-order valence-electron chi connectivity index (χ4n) is 2.37. The van der Waals surface area contributed by atoms with Gasteiger partial charge in [-0.2, -0.15) is 5.26 Å².